The van der Waals surface area contributed by atoms with E-state index in [9.17, 15) is 9.59 Å². The average molecular weight is 255 g/mol. The zero-order valence-corrected chi connectivity index (χ0v) is 10.4. The standard InChI is InChI=1S/C15H13NO3/c1-11(17)14-9-7-13(19-14)8-10-15(18)16-12-5-3-2-4-6-12/h2-10H,1H3,(H,16,18)/b10-8+. The van der Waals surface area contributed by atoms with Gasteiger partial charge in [-0.1, -0.05) is 18.2 Å². The molecule has 1 amide bonds. The Morgan fingerprint density at radius 1 is 1.11 bits per heavy atom. The number of anilines is 1. The Hall–Kier alpha value is -2.62. The highest BCUT2D eigenvalue weighted by Gasteiger charge is 2.04. The van der Waals surface area contributed by atoms with Gasteiger partial charge in [0.25, 0.3) is 0 Å². The first kappa shape index (κ1) is 12.8. The van der Waals surface area contributed by atoms with Gasteiger partial charge >= 0.3 is 0 Å². The molecule has 0 atom stereocenters. The van der Waals surface area contributed by atoms with Gasteiger partial charge in [-0.2, -0.15) is 0 Å². The second kappa shape index (κ2) is 5.82. The number of para-hydroxylation sites is 1. The molecule has 0 aliphatic heterocycles. The molecule has 0 saturated heterocycles. The minimum absolute atomic E-state index is 0.145. The number of carbonyl (C=O) groups excluding carboxylic acids is 2. The molecule has 0 aliphatic carbocycles. The number of hydrogen-bond acceptors (Lipinski definition) is 3. The molecule has 0 radical (unpaired) electrons. The smallest absolute Gasteiger partial charge is 0.248 e. The van der Waals surface area contributed by atoms with Gasteiger partial charge in [-0.15, -0.1) is 0 Å². The summed E-state index contributed by atoms with van der Waals surface area (Å²) in [4.78, 5) is 22.7. The van der Waals surface area contributed by atoms with Crippen molar-refractivity contribution in [2.24, 2.45) is 0 Å². The van der Waals surface area contributed by atoms with Gasteiger partial charge in [-0.05, 0) is 30.3 Å². The summed E-state index contributed by atoms with van der Waals surface area (Å²) in [5.74, 6) is 0.344. The van der Waals surface area contributed by atoms with Crippen molar-refractivity contribution in [1.82, 2.24) is 0 Å². The van der Waals surface area contributed by atoms with E-state index in [1.54, 1.807) is 24.3 Å². The third kappa shape index (κ3) is 3.67. The molecule has 96 valence electrons. The van der Waals surface area contributed by atoms with E-state index < -0.39 is 0 Å². The molecule has 19 heavy (non-hydrogen) atoms. The second-order valence-electron chi connectivity index (χ2n) is 3.95. The number of Topliss-reactive ketones (excluding diaryl/α,β-unsaturated/α-hetero) is 1. The van der Waals surface area contributed by atoms with Crippen molar-refractivity contribution in [3.8, 4) is 0 Å². The zero-order chi connectivity index (χ0) is 13.7. The Kier molecular flexibility index (Phi) is 3.93. The van der Waals surface area contributed by atoms with Crippen LogP contribution in [0.5, 0.6) is 0 Å². The first-order valence-corrected chi connectivity index (χ1v) is 5.80. The van der Waals surface area contributed by atoms with Gasteiger partial charge in [0.2, 0.25) is 5.91 Å². The van der Waals surface area contributed by atoms with Crippen LogP contribution in [0.2, 0.25) is 0 Å². The molecule has 0 aliphatic rings. The molecule has 1 N–H and O–H groups in total. The molecular formula is C15H13NO3. The van der Waals surface area contributed by atoms with E-state index in [1.165, 1.54) is 19.1 Å². The van der Waals surface area contributed by atoms with Crippen molar-refractivity contribution in [2.75, 3.05) is 5.32 Å². The van der Waals surface area contributed by atoms with Crippen molar-refractivity contribution >= 4 is 23.5 Å². The number of nitrogens with one attached hydrogen (secondary N) is 1. The lowest BCUT2D eigenvalue weighted by atomic mass is 10.3. The maximum absolute atomic E-state index is 11.6. The highest BCUT2D eigenvalue weighted by Crippen LogP contribution is 2.10. The number of amides is 1. The van der Waals surface area contributed by atoms with Crippen LogP contribution < -0.4 is 5.32 Å². The lowest BCUT2D eigenvalue weighted by molar-refractivity contribution is -0.111. The summed E-state index contributed by atoms with van der Waals surface area (Å²) < 4.78 is 5.23. The van der Waals surface area contributed by atoms with Gasteiger partial charge < -0.3 is 9.73 Å². The molecule has 2 rings (SSSR count). The van der Waals surface area contributed by atoms with E-state index in [2.05, 4.69) is 5.32 Å². The minimum atomic E-state index is -0.257. The Balaban J connectivity index is 1.98. The van der Waals surface area contributed by atoms with Gasteiger partial charge in [-0.25, -0.2) is 0 Å². The fourth-order valence-electron chi connectivity index (χ4n) is 1.49. The van der Waals surface area contributed by atoms with E-state index in [-0.39, 0.29) is 17.5 Å². The number of furan rings is 1. The maximum Gasteiger partial charge on any atom is 0.248 e. The van der Waals surface area contributed by atoms with E-state index >= 15 is 0 Å². The summed E-state index contributed by atoms with van der Waals surface area (Å²) in [6, 6.07) is 12.4. The van der Waals surface area contributed by atoms with Crippen molar-refractivity contribution in [2.45, 2.75) is 6.92 Å². The molecule has 2 aromatic rings. The fraction of sp³-hybridized carbons (Fsp3) is 0.0667. The van der Waals surface area contributed by atoms with E-state index in [0.29, 0.717) is 5.76 Å². The van der Waals surface area contributed by atoms with Gasteiger partial charge in [0.15, 0.2) is 11.5 Å². The van der Waals surface area contributed by atoms with Crippen LogP contribution in [-0.2, 0) is 4.79 Å². The quantitative estimate of drug-likeness (QED) is 0.674. The van der Waals surface area contributed by atoms with E-state index in [1.807, 2.05) is 18.2 Å². The summed E-state index contributed by atoms with van der Waals surface area (Å²) in [7, 11) is 0. The van der Waals surface area contributed by atoms with Crippen LogP contribution in [0.4, 0.5) is 5.69 Å². The van der Waals surface area contributed by atoms with Gasteiger partial charge in [0, 0.05) is 18.7 Å². The van der Waals surface area contributed by atoms with Crippen LogP contribution in [-0.4, -0.2) is 11.7 Å². The number of benzene rings is 1. The average Bonchev–Trinajstić information content (AvgIpc) is 2.86. The molecule has 0 unspecified atom stereocenters. The largest absolute Gasteiger partial charge is 0.454 e. The maximum atomic E-state index is 11.6. The second-order valence-corrected chi connectivity index (χ2v) is 3.95. The predicted molar refractivity (Wildman–Crippen MR) is 72.8 cm³/mol. The summed E-state index contributed by atoms with van der Waals surface area (Å²) in [5.41, 5.74) is 0.723. The number of carbonyl (C=O) groups is 2. The first-order valence-electron chi connectivity index (χ1n) is 5.80. The Labute approximate surface area is 110 Å². The molecule has 0 fully saturated rings. The van der Waals surface area contributed by atoms with Gasteiger partial charge in [-0.3, -0.25) is 9.59 Å². The fourth-order valence-corrected chi connectivity index (χ4v) is 1.49. The highest BCUT2D eigenvalue weighted by molar-refractivity contribution is 6.01. The van der Waals surface area contributed by atoms with Crippen LogP contribution in [0.1, 0.15) is 23.2 Å². The third-order valence-corrected chi connectivity index (χ3v) is 2.41. The van der Waals surface area contributed by atoms with Gasteiger partial charge in [0.05, 0.1) is 0 Å². The zero-order valence-electron chi connectivity index (χ0n) is 10.4. The summed E-state index contributed by atoms with van der Waals surface area (Å²) >= 11 is 0. The summed E-state index contributed by atoms with van der Waals surface area (Å²) in [6.07, 6.45) is 2.88. The number of rotatable bonds is 4. The molecule has 1 heterocycles. The topological polar surface area (TPSA) is 59.3 Å². The highest BCUT2D eigenvalue weighted by atomic mass is 16.3. The van der Waals surface area contributed by atoms with Crippen molar-refractivity contribution in [3.05, 3.63) is 60.1 Å². The monoisotopic (exact) mass is 255 g/mol. The van der Waals surface area contributed by atoms with Crippen LogP contribution in [0, 0.1) is 0 Å². The van der Waals surface area contributed by atoms with Crippen molar-refractivity contribution in [1.29, 1.82) is 0 Å². The predicted octanol–water partition coefficient (Wildman–Crippen LogP) is 3.13. The van der Waals surface area contributed by atoms with E-state index in [4.69, 9.17) is 4.42 Å². The summed E-state index contributed by atoms with van der Waals surface area (Å²) in [5, 5.41) is 2.71. The molecule has 4 heteroatoms. The Morgan fingerprint density at radius 2 is 1.84 bits per heavy atom. The lowest BCUT2D eigenvalue weighted by Gasteiger charge is -1.99. The molecule has 0 saturated carbocycles. The molecule has 0 bridgehead atoms. The molecule has 1 aromatic carbocycles. The van der Waals surface area contributed by atoms with E-state index in [0.717, 1.165) is 5.69 Å². The molecule has 0 spiro atoms. The first-order chi connectivity index (χ1) is 9.15. The van der Waals surface area contributed by atoms with Crippen LogP contribution in [0.15, 0.2) is 53.0 Å². The third-order valence-electron chi connectivity index (χ3n) is 2.41. The molecule has 1 aromatic heterocycles. The number of ketones is 1. The molecule has 4 nitrogen and oxygen atoms in total. The van der Waals surface area contributed by atoms with Crippen molar-refractivity contribution in [3.63, 3.8) is 0 Å². The van der Waals surface area contributed by atoms with Crippen molar-refractivity contribution < 1.29 is 14.0 Å². The van der Waals surface area contributed by atoms with Crippen LogP contribution in [0.25, 0.3) is 6.08 Å². The SMILES string of the molecule is CC(=O)c1ccc(/C=C/C(=O)Nc2ccccc2)o1. The normalized spacial score (nSPS) is 10.6. The van der Waals surface area contributed by atoms with Crippen LogP contribution in [0.3, 0.4) is 0 Å². The van der Waals surface area contributed by atoms with Gasteiger partial charge in [0.1, 0.15) is 5.76 Å². The Bertz CT molecular complexity index is 611. The Morgan fingerprint density at radius 3 is 2.47 bits per heavy atom. The van der Waals surface area contributed by atoms with Crippen LogP contribution >= 0.6 is 0 Å². The molecular weight excluding hydrogens is 242 g/mol. The minimum Gasteiger partial charge on any atom is -0.454 e. The lowest BCUT2D eigenvalue weighted by Crippen LogP contribution is -2.07. The number of hydrogen-bond donors (Lipinski definition) is 1. The summed E-state index contributed by atoms with van der Waals surface area (Å²) in [6.45, 7) is 1.43.